The van der Waals surface area contributed by atoms with E-state index in [2.05, 4.69) is 45.3 Å². The van der Waals surface area contributed by atoms with Crippen molar-refractivity contribution in [3.63, 3.8) is 0 Å². The minimum absolute atomic E-state index is 0.0173. The molecule has 3 aromatic rings. The van der Waals surface area contributed by atoms with Crippen molar-refractivity contribution in [3.8, 4) is 0 Å². The molecule has 0 fully saturated rings. The van der Waals surface area contributed by atoms with Crippen molar-refractivity contribution < 1.29 is 4.79 Å². The van der Waals surface area contributed by atoms with Crippen molar-refractivity contribution in [2.45, 2.75) is 25.8 Å². The van der Waals surface area contributed by atoms with E-state index in [4.69, 9.17) is 4.98 Å². The van der Waals surface area contributed by atoms with Gasteiger partial charge in [0.2, 0.25) is 0 Å². The van der Waals surface area contributed by atoms with Gasteiger partial charge in [-0.15, -0.1) is 11.3 Å². The number of amides is 1. The van der Waals surface area contributed by atoms with Crippen LogP contribution in [0.15, 0.2) is 65.0 Å². The van der Waals surface area contributed by atoms with Gasteiger partial charge in [0.05, 0.1) is 17.2 Å². The first-order chi connectivity index (χ1) is 15.5. The number of aliphatic imine (C=N–C) groups is 1. The van der Waals surface area contributed by atoms with E-state index in [1.807, 2.05) is 30.3 Å². The van der Waals surface area contributed by atoms with Crippen LogP contribution in [0.3, 0.4) is 0 Å². The summed E-state index contributed by atoms with van der Waals surface area (Å²) in [5.74, 6) is 0.757. The van der Waals surface area contributed by atoms with Crippen molar-refractivity contribution >= 4 is 23.2 Å². The summed E-state index contributed by atoms with van der Waals surface area (Å²) in [5, 5.41) is 9.92. The van der Waals surface area contributed by atoms with Gasteiger partial charge in [-0.25, -0.2) is 4.98 Å². The Bertz CT molecular complexity index is 1030. The van der Waals surface area contributed by atoms with Crippen LogP contribution in [0.5, 0.6) is 0 Å². The molecule has 2 N–H and O–H groups in total. The van der Waals surface area contributed by atoms with E-state index in [0.29, 0.717) is 12.1 Å². The van der Waals surface area contributed by atoms with Gasteiger partial charge in [0.1, 0.15) is 0 Å². The Balaban J connectivity index is 1.42. The maximum Gasteiger partial charge on any atom is 0.253 e. The quantitative estimate of drug-likeness (QED) is 0.387. The molecule has 0 unspecified atom stereocenters. The second-order valence-corrected chi connectivity index (χ2v) is 8.66. The number of rotatable bonds is 9. The van der Waals surface area contributed by atoms with E-state index in [-0.39, 0.29) is 5.91 Å². The van der Waals surface area contributed by atoms with E-state index >= 15 is 0 Å². The predicted octanol–water partition coefficient (Wildman–Crippen LogP) is 3.54. The number of benzene rings is 2. The molecule has 0 aliphatic carbocycles. The van der Waals surface area contributed by atoms with Gasteiger partial charge in [0, 0.05) is 45.1 Å². The summed E-state index contributed by atoms with van der Waals surface area (Å²) in [6, 6.07) is 18.3. The third kappa shape index (κ3) is 7.20. The molecule has 0 bridgehead atoms. The van der Waals surface area contributed by atoms with E-state index in [1.165, 1.54) is 5.56 Å². The minimum Gasteiger partial charge on any atom is -0.356 e. The molecule has 1 amide bonds. The summed E-state index contributed by atoms with van der Waals surface area (Å²) in [6.07, 6.45) is 2.76. The molecule has 0 radical (unpaired) electrons. The Kier molecular flexibility index (Phi) is 8.80. The van der Waals surface area contributed by atoms with Crippen LogP contribution in [0, 0.1) is 0 Å². The molecule has 168 valence electrons. The maximum absolute atomic E-state index is 12.1. The van der Waals surface area contributed by atoms with Crippen LogP contribution in [0.2, 0.25) is 0 Å². The molecular formula is C25H31N5OS. The molecule has 0 saturated heterocycles. The number of hydrogen-bond acceptors (Lipinski definition) is 4. The highest BCUT2D eigenvalue weighted by Crippen LogP contribution is 2.13. The number of thiazole rings is 1. The third-order valence-corrected chi connectivity index (χ3v) is 5.97. The third-order valence-electron chi connectivity index (χ3n) is 5.02. The molecule has 7 heteroatoms. The van der Waals surface area contributed by atoms with Gasteiger partial charge in [-0.2, -0.15) is 0 Å². The number of nitrogens with one attached hydrogen (secondary N) is 2. The molecule has 2 aromatic carbocycles. The molecule has 0 atom stereocenters. The van der Waals surface area contributed by atoms with Crippen molar-refractivity contribution in [1.29, 1.82) is 0 Å². The van der Waals surface area contributed by atoms with Crippen molar-refractivity contribution in [2.75, 3.05) is 27.7 Å². The molecule has 0 aliphatic rings. The van der Waals surface area contributed by atoms with Crippen LogP contribution in [0.4, 0.5) is 0 Å². The summed E-state index contributed by atoms with van der Waals surface area (Å²) in [4.78, 5) is 22.8. The number of carbonyl (C=O) groups excluding carboxylic acids is 1. The molecular weight excluding hydrogens is 418 g/mol. The lowest BCUT2D eigenvalue weighted by Crippen LogP contribution is -2.37. The summed E-state index contributed by atoms with van der Waals surface area (Å²) in [5.41, 5.74) is 4.18. The van der Waals surface area contributed by atoms with E-state index in [1.54, 1.807) is 37.4 Å². The normalized spacial score (nSPS) is 11.3. The molecule has 6 nitrogen and oxygen atoms in total. The Labute approximate surface area is 194 Å². The topological polar surface area (TPSA) is 69.6 Å². The second kappa shape index (κ2) is 12.0. The van der Waals surface area contributed by atoms with Crippen molar-refractivity contribution in [3.05, 3.63) is 87.4 Å². The SMILES string of the molecule is CN=C(NCCc1cccc(C(=O)N(C)C)c1)NCc1csc(CCc2ccccc2)n1. The van der Waals surface area contributed by atoms with Crippen molar-refractivity contribution in [2.24, 2.45) is 4.99 Å². The van der Waals surface area contributed by atoms with Crippen LogP contribution in [0.1, 0.15) is 32.2 Å². The van der Waals surface area contributed by atoms with Gasteiger partial charge in [-0.1, -0.05) is 42.5 Å². The first-order valence-electron chi connectivity index (χ1n) is 10.8. The van der Waals surface area contributed by atoms with Crippen molar-refractivity contribution in [1.82, 2.24) is 20.5 Å². The number of carbonyl (C=O) groups is 1. The number of guanidine groups is 1. The number of hydrogen-bond donors (Lipinski definition) is 2. The fraction of sp³-hybridized carbons (Fsp3) is 0.320. The molecule has 32 heavy (non-hydrogen) atoms. The lowest BCUT2D eigenvalue weighted by Gasteiger charge is -2.13. The lowest BCUT2D eigenvalue weighted by molar-refractivity contribution is 0.0827. The minimum atomic E-state index is 0.0173. The second-order valence-electron chi connectivity index (χ2n) is 7.72. The van der Waals surface area contributed by atoms with Gasteiger partial charge in [-0.05, 0) is 36.1 Å². The van der Waals surface area contributed by atoms with Crippen LogP contribution in [0.25, 0.3) is 0 Å². The Morgan fingerprint density at radius 1 is 1.00 bits per heavy atom. The monoisotopic (exact) mass is 449 g/mol. The number of nitrogens with zero attached hydrogens (tertiary/aromatic N) is 3. The highest BCUT2D eigenvalue weighted by atomic mass is 32.1. The molecule has 1 heterocycles. The molecule has 0 spiro atoms. The molecule has 3 rings (SSSR count). The Morgan fingerprint density at radius 2 is 1.78 bits per heavy atom. The van der Waals surface area contributed by atoms with E-state index in [0.717, 1.165) is 48.0 Å². The fourth-order valence-corrected chi connectivity index (χ4v) is 4.08. The largest absolute Gasteiger partial charge is 0.356 e. The summed E-state index contributed by atoms with van der Waals surface area (Å²) in [6.45, 7) is 1.35. The highest BCUT2D eigenvalue weighted by molar-refractivity contribution is 7.09. The lowest BCUT2D eigenvalue weighted by atomic mass is 10.1. The van der Waals surface area contributed by atoms with Crippen LogP contribution < -0.4 is 10.6 Å². The molecule has 0 saturated carbocycles. The van der Waals surface area contributed by atoms with E-state index in [9.17, 15) is 4.79 Å². The standard InChI is InChI=1S/C25H31N5OS/c1-26-25(27-15-14-20-10-7-11-21(16-20)24(31)30(2)3)28-17-22-18-32-23(29-22)13-12-19-8-5-4-6-9-19/h4-11,16,18H,12-15,17H2,1-3H3,(H2,26,27,28). The number of aryl methyl sites for hydroxylation is 2. The summed E-state index contributed by atoms with van der Waals surface area (Å²) < 4.78 is 0. The zero-order valence-electron chi connectivity index (χ0n) is 19.0. The predicted molar refractivity (Wildman–Crippen MR) is 132 cm³/mol. The van der Waals surface area contributed by atoms with Gasteiger partial charge in [0.25, 0.3) is 5.91 Å². The average Bonchev–Trinajstić information content (AvgIpc) is 3.28. The van der Waals surface area contributed by atoms with Gasteiger partial charge in [0.15, 0.2) is 5.96 Å². The first kappa shape index (κ1) is 23.5. The summed E-state index contributed by atoms with van der Waals surface area (Å²) in [7, 11) is 5.29. The smallest absolute Gasteiger partial charge is 0.253 e. The Hall–Kier alpha value is -3.19. The Morgan fingerprint density at radius 3 is 2.53 bits per heavy atom. The van der Waals surface area contributed by atoms with Crippen LogP contribution in [-0.4, -0.2) is 49.4 Å². The maximum atomic E-state index is 12.1. The van der Waals surface area contributed by atoms with Gasteiger partial charge >= 0.3 is 0 Å². The van der Waals surface area contributed by atoms with Crippen LogP contribution >= 0.6 is 11.3 Å². The summed E-state index contributed by atoms with van der Waals surface area (Å²) >= 11 is 1.71. The van der Waals surface area contributed by atoms with Gasteiger partial charge in [-0.3, -0.25) is 9.79 Å². The highest BCUT2D eigenvalue weighted by Gasteiger charge is 2.08. The first-order valence-corrected chi connectivity index (χ1v) is 11.7. The zero-order chi connectivity index (χ0) is 22.8. The number of aromatic nitrogens is 1. The average molecular weight is 450 g/mol. The zero-order valence-corrected chi connectivity index (χ0v) is 19.8. The fourth-order valence-electron chi connectivity index (χ4n) is 3.28. The molecule has 1 aromatic heterocycles. The van der Waals surface area contributed by atoms with E-state index < -0.39 is 0 Å². The van der Waals surface area contributed by atoms with Crippen LogP contribution in [-0.2, 0) is 25.8 Å². The molecule has 0 aliphatic heterocycles. The van der Waals surface area contributed by atoms with Gasteiger partial charge < -0.3 is 15.5 Å².